The van der Waals surface area contributed by atoms with Crippen LogP contribution >= 0.6 is 22.9 Å². The molecule has 0 fully saturated rings. The molecule has 0 saturated heterocycles. The maximum absolute atomic E-state index is 12.0. The van der Waals surface area contributed by atoms with Crippen LogP contribution < -0.4 is 10.5 Å². The summed E-state index contributed by atoms with van der Waals surface area (Å²) in [6.45, 7) is 0. The van der Waals surface area contributed by atoms with E-state index in [1.165, 1.54) is 17.6 Å². The van der Waals surface area contributed by atoms with Crippen molar-refractivity contribution in [1.29, 1.82) is 0 Å². The number of benzene rings is 1. The maximum Gasteiger partial charge on any atom is 0.267 e. The van der Waals surface area contributed by atoms with Crippen molar-refractivity contribution in [1.82, 2.24) is 10.2 Å². The van der Waals surface area contributed by atoms with E-state index in [9.17, 15) is 8.42 Å². The van der Waals surface area contributed by atoms with Gasteiger partial charge in [-0.2, -0.15) is 0 Å². The lowest BCUT2D eigenvalue weighted by atomic mass is 10.3. The summed E-state index contributed by atoms with van der Waals surface area (Å²) in [6.07, 6.45) is 0. The zero-order valence-corrected chi connectivity index (χ0v) is 10.7. The molecule has 3 N–H and O–H groups in total. The minimum Gasteiger partial charge on any atom is -0.398 e. The quantitative estimate of drug-likeness (QED) is 0.836. The van der Waals surface area contributed by atoms with Crippen molar-refractivity contribution in [2.45, 2.75) is 4.90 Å². The average Bonchev–Trinajstić information content (AvgIpc) is 2.68. The van der Waals surface area contributed by atoms with Crippen molar-refractivity contribution in [3.63, 3.8) is 0 Å². The molecule has 2 aromatic rings. The van der Waals surface area contributed by atoms with E-state index in [2.05, 4.69) is 14.9 Å². The molecule has 90 valence electrons. The second kappa shape index (κ2) is 4.47. The third kappa shape index (κ3) is 2.48. The number of nitrogens with two attached hydrogens (primary N) is 1. The second-order valence-electron chi connectivity index (χ2n) is 3.01. The Morgan fingerprint density at radius 3 is 2.76 bits per heavy atom. The molecule has 0 radical (unpaired) electrons. The Labute approximate surface area is 106 Å². The van der Waals surface area contributed by atoms with Crippen LogP contribution in [0.5, 0.6) is 0 Å². The third-order valence-electron chi connectivity index (χ3n) is 1.85. The Bertz CT molecular complexity index is 607. The Balaban J connectivity index is 2.45. The first kappa shape index (κ1) is 12.1. The third-order valence-corrected chi connectivity index (χ3v) is 4.47. The van der Waals surface area contributed by atoms with Crippen molar-refractivity contribution in [3.8, 4) is 0 Å². The highest BCUT2D eigenvalue weighted by atomic mass is 35.5. The summed E-state index contributed by atoms with van der Waals surface area (Å²) >= 11 is 6.88. The number of nitrogen functional groups attached to an aromatic ring is 1. The standard InChI is InChI=1S/C8H7ClN4O2S2/c9-5-2-1-3-6(10)7(5)17(14,15)13-8-12-11-4-16-8/h1-4H,10H2,(H,12,13). The Kier molecular flexibility index (Phi) is 3.18. The molecule has 1 aromatic carbocycles. The number of nitrogens with zero attached hydrogens (tertiary/aromatic N) is 2. The van der Waals surface area contributed by atoms with Gasteiger partial charge in [-0.25, -0.2) is 8.42 Å². The summed E-state index contributed by atoms with van der Waals surface area (Å²) in [4.78, 5) is -0.156. The molecule has 0 spiro atoms. The Morgan fingerprint density at radius 1 is 1.41 bits per heavy atom. The van der Waals surface area contributed by atoms with E-state index in [1.54, 1.807) is 6.07 Å². The van der Waals surface area contributed by atoms with E-state index in [-0.39, 0.29) is 20.7 Å². The summed E-state index contributed by atoms with van der Waals surface area (Å²) in [6, 6.07) is 4.48. The van der Waals surface area contributed by atoms with Crippen LogP contribution in [0.4, 0.5) is 10.8 Å². The first-order valence-electron chi connectivity index (χ1n) is 4.33. The summed E-state index contributed by atoms with van der Waals surface area (Å²) in [5.41, 5.74) is 7.09. The van der Waals surface area contributed by atoms with Gasteiger partial charge < -0.3 is 5.73 Å². The summed E-state index contributed by atoms with van der Waals surface area (Å²) in [5.74, 6) is 0. The van der Waals surface area contributed by atoms with Gasteiger partial charge >= 0.3 is 0 Å². The van der Waals surface area contributed by atoms with Gasteiger partial charge in [0.25, 0.3) is 10.0 Å². The number of anilines is 2. The van der Waals surface area contributed by atoms with E-state index in [0.29, 0.717) is 0 Å². The fraction of sp³-hybridized carbons (Fsp3) is 0. The van der Waals surface area contributed by atoms with Gasteiger partial charge in [0.1, 0.15) is 10.4 Å². The average molecular weight is 291 g/mol. The minimum atomic E-state index is -3.84. The number of halogens is 1. The zero-order valence-electron chi connectivity index (χ0n) is 8.29. The van der Waals surface area contributed by atoms with Crippen LogP contribution in [0, 0.1) is 0 Å². The summed E-state index contributed by atoms with van der Waals surface area (Å²) in [5, 5.41) is 7.32. The highest BCUT2D eigenvalue weighted by Gasteiger charge is 2.22. The van der Waals surface area contributed by atoms with E-state index in [4.69, 9.17) is 17.3 Å². The van der Waals surface area contributed by atoms with Crippen LogP contribution in [0.2, 0.25) is 5.02 Å². The number of rotatable bonds is 3. The Hall–Kier alpha value is -1.38. The molecule has 1 aromatic heterocycles. The lowest BCUT2D eigenvalue weighted by molar-refractivity contribution is 0.601. The van der Waals surface area contributed by atoms with Gasteiger partial charge in [0.05, 0.1) is 10.7 Å². The molecule has 0 bridgehead atoms. The van der Waals surface area contributed by atoms with Crippen LogP contribution in [-0.2, 0) is 10.0 Å². The smallest absolute Gasteiger partial charge is 0.267 e. The van der Waals surface area contributed by atoms with Crippen molar-refractivity contribution >= 4 is 43.8 Å². The number of hydrogen-bond acceptors (Lipinski definition) is 6. The van der Waals surface area contributed by atoms with Gasteiger partial charge in [-0.15, -0.1) is 10.2 Å². The lowest BCUT2D eigenvalue weighted by Crippen LogP contribution is -2.15. The van der Waals surface area contributed by atoms with E-state index >= 15 is 0 Å². The fourth-order valence-corrected chi connectivity index (χ4v) is 3.56. The molecule has 0 aliphatic rings. The van der Waals surface area contributed by atoms with Crippen LogP contribution in [0.1, 0.15) is 0 Å². The Morgan fingerprint density at radius 2 is 2.18 bits per heavy atom. The second-order valence-corrected chi connectivity index (χ2v) is 5.87. The van der Waals surface area contributed by atoms with Crippen LogP contribution in [0.15, 0.2) is 28.6 Å². The highest BCUT2D eigenvalue weighted by Crippen LogP contribution is 2.28. The molecule has 1 heterocycles. The number of hydrogen-bond donors (Lipinski definition) is 2. The van der Waals surface area contributed by atoms with Crippen molar-refractivity contribution < 1.29 is 8.42 Å². The van der Waals surface area contributed by atoms with Gasteiger partial charge in [-0.1, -0.05) is 29.0 Å². The lowest BCUT2D eigenvalue weighted by Gasteiger charge is -2.08. The van der Waals surface area contributed by atoms with Crippen LogP contribution in [-0.4, -0.2) is 18.6 Å². The maximum atomic E-state index is 12.0. The van der Waals surface area contributed by atoms with E-state index in [1.807, 2.05) is 0 Å². The predicted molar refractivity (Wildman–Crippen MR) is 66.6 cm³/mol. The molecule has 2 rings (SSSR count). The van der Waals surface area contributed by atoms with Gasteiger partial charge in [-0.3, -0.25) is 4.72 Å². The van der Waals surface area contributed by atoms with Gasteiger partial charge in [0.15, 0.2) is 0 Å². The van der Waals surface area contributed by atoms with Crippen LogP contribution in [0.25, 0.3) is 0 Å². The molecule has 0 unspecified atom stereocenters. The fourth-order valence-electron chi connectivity index (χ4n) is 1.19. The minimum absolute atomic E-state index is 0.0574. The molecule has 0 amide bonds. The molecule has 0 saturated carbocycles. The SMILES string of the molecule is Nc1cccc(Cl)c1S(=O)(=O)Nc1nncs1. The van der Waals surface area contributed by atoms with Crippen LogP contribution in [0.3, 0.4) is 0 Å². The molecule has 0 aliphatic carbocycles. The van der Waals surface area contributed by atoms with E-state index < -0.39 is 10.0 Å². The monoisotopic (exact) mass is 290 g/mol. The number of nitrogens with one attached hydrogen (secondary N) is 1. The highest BCUT2D eigenvalue weighted by molar-refractivity contribution is 7.93. The predicted octanol–water partition coefficient (Wildman–Crippen LogP) is 1.57. The largest absolute Gasteiger partial charge is 0.398 e. The topological polar surface area (TPSA) is 98.0 Å². The number of sulfonamides is 1. The van der Waals surface area contributed by atoms with Crippen molar-refractivity contribution in [2.75, 3.05) is 10.5 Å². The molecular weight excluding hydrogens is 284 g/mol. The van der Waals surface area contributed by atoms with Gasteiger partial charge in [0, 0.05) is 0 Å². The first-order chi connectivity index (χ1) is 8.00. The molecule has 17 heavy (non-hydrogen) atoms. The summed E-state index contributed by atoms with van der Waals surface area (Å²) < 4.78 is 26.3. The van der Waals surface area contributed by atoms with Crippen molar-refractivity contribution in [3.05, 3.63) is 28.7 Å². The van der Waals surface area contributed by atoms with Gasteiger partial charge in [0.2, 0.25) is 5.13 Å². The molecule has 0 atom stereocenters. The first-order valence-corrected chi connectivity index (χ1v) is 7.08. The van der Waals surface area contributed by atoms with Gasteiger partial charge in [-0.05, 0) is 12.1 Å². The zero-order chi connectivity index (χ0) is 12.5. The molecule has 9 heteroatoms. The molecular formula is C8H7ClN4O2S2. The number of aromatic nitrogens is 2. The van der Waals surface area contributed by atoms with E-state index in [0.717, 1.165) is 11.3 Å². The normalized spacial score (nSPS) is 11.4. The summed E-state index contributed by atoms with van der Waals surface area (Å²) in [7, 11) is -3.84. The molecule has 6 nitrogen and oxygen atoms in total. The van der Waals surface area contributed by atoms with Crippen molar-refractivity contribution in [2.24, 2.45) is 0 Å². The molecule has 0 aliphatic heterocycles.